The maximum absolute atomic E-state index is 13.6. The molecule has 1 saturated carbocycles. The maximum Gasteiger partial charge on any atom is 0.410 e. The number of amides is 2. The Labute approximate surface area is 347 Å². The fourth-order valence-corrected chi connectivity index (χ4v) is 7.78. The Kier molecular flexibility index (Phi) is 11.8. The molecule has 7 rings (SSSR count). The lowest BCUT2D eigenvalue weighted by atomic mass is 9.99. The number of likely N-dealkylation sites (tertiary alicyclic amines) is 1. The average molecular weight is 832 g/mol. The first-order valence-electron chi connectivity index (χ1n) is 19.3. The van der Waals surface area contributed by atoms with Gasteiger partial charge in [0.05, 0.1) is 54.3 Å². The molecule has 1 aromatic carbocycles. The van der Waals surface area contributed by atoms with Crippen molar-refractivity contribution in [2.24, 2.45) is 0 Å². The van der Waals surface area contributed by atoms with Crippen molar-refractivity contribution in [2.45, 2.75) is 83.7 Å². The van der Waals surface area contributed by atoms with E-state index in [9.17, 15) is 14.7 Å². The third-order valence-electron chi connectivity index (χ3n) is 10.4. The van der Waals surface area contributed by atoms with Crippen LogP contribution in [0, 0.1) is 0 Å². The van der Waals surface area contributed by atoms with E-state index in [1.165, 1.54) is 0 Å². The summed E-state index contributed by atoms with van der Waals surface area (Å²) in [5, 5.41) is 18.9. The Bertz CT molecular complexity index is 2330. The number of hydrogen-bond donors (Lipinski definition) is 2. The highest BCUT2D eigenvalue weighted by atomic mass is 35.5. The summed E-state index contributed by atoms with van der Waals surface area (Å²) in [5.41, 5.74) is 3.62. The van der Waals surface area contributed by atoms with Gasteiger partial charge in [0.25, 0.3) is 0 Å². The number of nitrogens with one attached hydrogen (secondary N) is 1. The van der Waals surface area contributed by atoms with Crippen LogP contribution in [-0.2, 0) is 22.6 Å². The largest absolute Gasteiger partial charge is 0.493 e. The smallest absolute Gasteiger partial charge is 0.410 e. The molecule has 0 radical (unpaired) electrons. The molecule has 5 aromatic rings. The van der Waals surface area contributed by atoms with Crippen LogP contribution in [0.2, 0.25) is 10.0 Å². The van der Waals surface area contributed by atoms with Crippen molar-refractivity contribution in [3.63, 3.8) is 0 Å². The van der Waals surface area contributed by atoms with Gasteiger partial charge in [-0.25, -0.2) is 19.3 Å². The lowest BCUT2D eigenvalue weighted by molar-refractivity contribution is -0.130. The van der Waals surface area contributed by atoms with Crippen LogP contribution in [0.5, 0.6) is 11.6 Å². The molecule has 2 fully saturated rings. The maximum atomic E-state index is 13.6. The van der Waals surface area contributed by atoms with E-state index in [-0.39, 0.29) is 18.5 Å². The van der Waals surface area contributed by atoms with Crippen LogP contribution in [0.4, 0.5) is 4.79 Å². The van der Waals surface area contributed by atoms with Crippen molar-refractivity contribution in [3.8, 4) is 45.3 Å². The summed E-state index contributed by atoms with van der Waals surface area (Å²) in [4.78, 5) is 43.2. The summed E-state index contributed by atoms with van der Waals surface area (Å²) >= 11 is 14.3. The fourth-order valence-electron chi connectivity index (χ4n) is 7.13. The van der Waals surface area contributed by atoms with Crippen LogP contribution in [0.3, 0.4) is 0 Å². The molecule has 58 heavy (non-hydrogen) atoms. The highest BCUT2D eigenvalue weighted by Crippen LogP contribution is 2.42. The zero-order chi connectivity index (χ0) is 41.4. The average Bonchev–Trinajstić information content (AvgIpc) is 3.78. The summed E-state index contributed by atoms with van der Waals surface area (Å²) in [7, 11) is 3.11. The zero-order valence-electron chi connectivity index (χ0n) is 33.5. The van der Waals surface area contributed by atoms with E-state index in [0.717, 1.165) is 12.8 Å². The second-order valence-electron chi connectivity index (χ2n) is 15.8. The van der Waals surface area contributed by atoms with Crippen molar-refractivity contribution < 1.29 is 28.9 Å². The van der Waals surface area contributed by atoms with Gasteiger partial charge in [-0.3, -0.25) is 9.78 Å². The van der Waals surface area contributed by atoms with Crippen LogP contribution in [-0.4, -0.2) is 103 Å². The number of piperidine rings is 1. The van der Waals surface area contributed by atoms with E-state index in [4.69, 9.17) is 42.4 Å². The van der Waals surface area contributed by atoms with E-state index in [1.807, 2.05) is 63.2 Å². The van der Waals surface area contributed by atoms with Gasteiger partial charge >= 0.3 is 6.09 Å². The molecule has 1 aliphatic heterocycles. The number of rotatable bonds is 12. The number of pyridine rings is 3. The summed E-state index contributed by atoms with van der Waals surface area (Å²) in [5.74, 6) is 1.42. The van der Waals surface area contributed by atoms with Gasteiger partial charge in [-0.1, -0.05) is 41.4 Å². The van der Waals surface area contributed by atoms with Crippen LogP contribution in [0.1, 0.15) is 64.8 Å². The first kappa shape index (κ1) is 41.2. The van der Waals surface area contributed by atoms with Crippen molar-refractivity contribution in [1.82, 2.24) is 39.7 Å². The molecule has 5 heterocycles. The second-order valence-corrected chi connectivity index (χ2v) is 16.6. The first-order valence-corrected chi connectivity index (χ1v) is 20.0. The number of nitrogens with zero attached hydrogens (tertiary/aromatic N) is 7. The molecule has 1 saturated heterocycles. The fraction of sp³-hybridized carbons (Fsp3) is 0.429. The first-order chi connectivity index (χ1) is 27.7. The number of fused-ring (bicyclic) bond motifs is 1. The van der Waals surface area contributed by atoms with E-state index in [0.29, 0.717) is 111 Å². The Balaban J connectivity index is 1.16. The van der Waals surface area contributed by atoms with Crippen molar-refractivity contribution in [3.05, 3.63) is 76.3 Å². The molecule has 1 aliphatic carbocycles. The third-order valence-corrected chi connectivity index (χ3v) is 11.2. The minimum absolute atomic E-state index is 0.0216. The number of methoxy groups -OCH3 is 2. The SMILES string of the molecule is COc1nc(-c2cccc(-c3ccnc(-c4cc(OC)c5nc(CNCC6(O)CC6)nn5c4)c3Cl)c2Cl)ccc1CN(C(=O)OC(C)(C)C)C1CCN(C(C)=O)CC1. The van der Waals surface area contributed by atoms with Gasteiger partial charge in [-0.15, -0.1) is 5.10 Å². The van der Waals surface area contributed by atoms with Gasteiger partial charge in [0.2, 0.25) is 11.8 Å². The van der Waals surface area contributed by atoms with Crippen LogP contribution >= 0.6 is 23.2 Å². The molecular weight excluding hydrogens is 783 g/mol. The summed E-state index contributed by atoms with van der Waals surface area (Å²) in [6.45, 7) is 9.26. The predicted octanol–water partition coefficient (Wildman–Crippen LogP) is 7.21. The quantitative estimate of drug-likeness (QED) is 0.131. The van der Waals surface area contributed by atoms with E-state index < -0.39 is 17.3 Å². The number of carbonyl (C=O) groups is 2. The molecule has 4 aromatic heterocycles. The molecule has 0 atom stereocenters. The second kappa shape index (κ2) is 16.7. The number of benzene rings is 1. The van der Waals surface area contributed by atoms with Crippen LogP contribution in [0.25, 0.3) is 39.3 Å². The highest BCUT2D eigenvalue weighted by Gasteiger charge is 2.39. The van der Waals surface area contributed by atoms with Crippen molar-refractivity contribution in [1.29, 1.82) is 0 Å². The number of aromatic nitrogens is 5. The van der Waals surface area contributed by atoms with Gasteiger partial charge in [0.15, 0.2) is 17.2 Å². The zero-order valence-corrected chi connectivity index (χ0v) is 35.0. The summed E-state index contributed by atoms with van der Waals surface area (Å²) in [6.07, 6.45) is 5.87. The minimum atomic E-state index is -0.692. The van der Waals surface area contributed by atoms with Gasteiger partial charge in [0, 0.05) is 72.8 Å². The molecule has 306 valence electrons. The van der Waals surface area contributed by atoms with Gasteiger partial charge < -0.3 is 34.4 Å². The number of aliphatic hydroxyl groups is 1. The topological polar surface area (TPSA) is 157 Å². The Morgan fingerprint density at radius 2 is 1.72 bits per heavy atom. The molecule has 0 spiro atoms. The third kappa shape index (κ3) is 9.00. The van der Waals surface area contributed by atoms with E-state index in [1.54, 1.807) is 47.9 Å². The normalized spacial score (nSPS) is 15.4. The molecule has 0 unspecified atom stereocenters. The van der Waals surface area contributed by atoms with Crippen molar-refractivity contribution in [2.75, 3.05) is 33.9 Å². The number of ether oxygens (including phenoxy) is 3. The van der Waals surface area contributed by atoms with Gasteiger partial charge in [-0.2, -0.15) is 0 Å². The number of carbonyl (C=O) groups excluding carboxylic acids is 2. The molecule has 2 amide bonds. The molecule has 0 bridgehead atoms. The van der Waals surface area contributed by atoms with Gasteiger partial charge in [-0.05, 0) is 70.7 Å². The lowest BCUT2D eigenvalue weighted by Gasteiger charge is -2.39. The number of halogens is 2. The minimum Gasteiger partial charge on any atom is -0.493 e. The highest BCUT2D eigenvalue weighted by molar-refractivity contribution is 6.39. The van der Waals surface area contributed by atoms with E-state index in [2.05, 4.69) is 20.4 Å². The summed E-state index contributed by atoms with van der Waals surface area (Å²) in [6, 6.07) is 12.9. The lowest BCUT2D eigenvalue weighted by Crippen LogP contribution is -2.49. The number of hydrogen-bond acceptors (Lipinski definition) is 11. The Morgan fingerprint density at radius 1 is 1.00 bits per heavy atom. The Hall–Kier alpha value is -5.02. The summed E-state index contributed by atoms with van der Waals surface area (Å²) < 4.78 is 19.0. The standard InChI is InChI=1S/C42H48Cl2N8O6/c1-25(53)50-18-13-28(14-19-50)51(40(54)58-41(2,3)4)22-26-10-11-32(47-39(26)57-6)31-9-7-8-29(35(31)43)30-12-17-46-37(36(30)44)27-20-33(56-5)38-48-34(49-52(38)23-27)21-45-24-42(55)15-16-42/h7-12,17,20,23,28,45,55H,13-16,18-19,21-22,24H2,1-6H3. The molecule has 2 N–H and O–H groups in total. The van der Waals surface area contributed by atoms with Crippen molar-refractivity contribution >= 4 is 40.8 Å². The van der Waals surface area contributed by atoms with Gasteiger partial charge in [0.1, 0.15) is 5.60 Å². The molecule has 16 heteroatoms. The van der Waals surface area contributed by atoms with Crippen LogP contribution in [0.15, 0.2) is 54.9 Å². The monoisotopic (exact) mass is 830 g/mol. The molecular formula is C42H48Cl2N8O6. The molecule has 2 aliphatic rings. The molecule has 14 nitrogen and oxygen atoms in total. The van der Waals surface area contributed by atoms with E-state index >= 15 is 0 Å². The Morgan fingerprint density at radius 3 is 2.40 bits per heavy atom. The predicted molar refractivity (Wildman–Crippen MR) is 221 cm³/mol. The van der Waals surface area contributed by atoms with Crippen LogP contribution < -0.4 is 14.8 Å².